The molecule has 53 heavy (non-hydrogen) atoms. The standard InChI is InChI=1S/C48H31N3OS/c1-48(2)39-20-8-6-14-32(39)33-24-22-29(26-40(33)48)45-49-46(51-47(50-45)38-19-11-17-36-34-15-7-9-21-41(34)52-43(36)38)30-23-25-35-37-18-10-16-31(28-12-4-3-5-13-28)44(37)53-42(35)27-30/h3-27H,1-2H3. The first-order valence-corrected chi connectivity index (χ1v) is 18.8. The third-order valence-electron chi connectivity index (χ3n) is 11.0. The van der Waals surface area contributed by atoms with Gasteiger partial charge in [0.15, 0.2) is 17.5 Å². The van der Waals surface area contributed by atoms with Crippen LogP contribution in [0.1, 0.15) is 25.0 Å². The molecule has 0 fully saturated rings. The number of furan rings is 1. The third kappa shape index (κ3) is 4.57. The molecule has 0 bridgehead atoms. The minimum atomic E-state index is -0.148. The number of thiophene rings is 1. The number of fused-ring (bicyclic) bond motifs is 9. The van der Waals surface area contributed by atoms with E-state index in [-0.39, 0.29) is 5.41 Å². The average Bonchev–Trinajstić information content (AvgIpc) is 3.85. The Hall–Kier alpha value is -6.43. The Morgan fingerprint density at radius 1 is 0.453 bits per heavy atom. The molecule has 0 radical (unpaired) electrons. The molecule has 0 N–H and O–H groups in total. The molecule has 10 aromatic rings. The summed E-state index contributed by atoms with van der Waals surface area (Å²) in [7, 11) is 0. The molecule has 0 atom stereocenters. The quantitative estimate of drug-likeness (QED) is 0.184. The van der Waals surface area contributed by atoms with Crippen molar-refractivity contribution in [2.75, 3.05) is 0 Å². The van der Waals surface area contributed by atoms with Crippen molar-refractivity contribution in [3.8, 4) is 56.4 Å². The molecule has 4 nitrogen and oxygen atoms in total. The van der Waals surface area contributed by atoms with Crippen LogP contribution >= 0.6 is 11.3 Å². The number of hydrogen-bond donors (Lipinski definition) is 0. The van der Waals surface area contributed by atoms with Crippen molar-refractivity contribution >= 4 is 53.4 Å². The minimum absolute atomic E-state index is 0.148. The molecule has 3 heterocycles. The van der Waals surface area contributed by atoms with E-state index in [2.05, 4.69) is 147 Å². The SMILES string of the molecule is CC1(C)c2ccccc2-c2ccc(-c3nc(-c4ccc5c(c4)sc4c(-c6ccccc6)cccc45)nc(-c4cccc5c4oc4ccccc45)n3)cc21. The zero-order valence-electron chi connectivity index (χ0n) is 29.1. The van der Waals surface area contributed by atoms with Crippen LogP contribution in [0.3, 0.4) is 0 Å². The molecule has 0 saturated heterocycles. The topological polar surface area (TPSA) is 51.8 Å². The lowest BCUT2D eigenvalue weighted by atomic mass is 9.82. The van der Waals surface area contributed by atoms with Crippen LogP contribution in [-0.2, 0) is 5.41 Å². The smallest absolute Gasteiger partial charge is 0.167 e. The lowest BCUT2D eigenvalue weighted by molar-refractivity contribution is 0.660. The van der Waals surface area contributed by atoms with E-state index < -0.39 is 0 Å². The zero-order valence-corrected chi connectivity index (χ0v) is 29.9. The summed E-state index contributed by atoms with van der Waals surface area (Å²) in [4.78, 5) is 15.6. The molecular formula is C48H31N3OS. The Morgan fingerprint density at radius 3 is 1.96 bits per heavy atom. The first kappa shape index (κ1) is 30.2. The van der Waals surface area contributed by atoms with Crippen LogP contribution in [0.5, 0.6) is 0 Å². The molecule has 5 heteroatoms. The molecule has 3 aromatic heterocycles. The van der Waals surface area contributed by atoms with E-state index in [4.69, 9.17) is 19.4 Å². The second-order valence-corrected chi connectivity index (χ2v) is 15.4. The van der Waals surface area contributed by atoms with Crippen LogP contribution in [0.4, 0.5) is 0 Å². The fourth-order valence-corrected chi connectivity index (χ4v) is 9.58. The summed E-state index contributed by atoms with van der Waals surface area (Å²) in [6.07, 6.45) is 0. The van der Waals surface area contributed by atoms with Gasteiger partial charge in [-0.25, -0.2) is 15.0 Å². The summed E-state index contributed by atoms with van der Waals surface area (Å²) in [6.45, 7) is 4.61. The van der Waals surface area contributed by atoms with Gasteiger partial charge in [-0.15, -0.1) is 11.3 Å². The van der Waals surface area contributed by atoms with Crippen LogP contribution < -0.4 is 0 Å². The summed E-state index contributed by atoms with van der Waals surface area (Å²) >= 11 is 1.82. The van der Waals surface area contributed by atoms with E-state index in [1.165, 1.54) is 53.6 Å². The highest BCUT2D eigenvalue weighted by atomic mass is 32.1. The fraction of sp³-hybridized carbons (Fsp3) is 0.0625. The van der Waals surface area contributed by atoms with Gasteiger partial charge in [0.1, 0.15) is 11.2 Å². The predicted molar refractivity (Wildman–Crippen MR) is 219 cm³/mol. The number of nitrogens with zero attached hydrogens (tertiary/aromatic N) is 3. The molecule has 1 aliphatic rings. The normalized spacial score (nSPS) is 13.2. The summed E-state index contributed by atoms with van der Waals surface area (Å²) in [5, 5.41) is 4.60. The second-order valence-electron chi connectivity index (χ2n) is 14.4. The van der Waals surface area contributed by atoms with Gasteiger partial charge in [-0.1, -0.05) is 141 Å². The number of hydrogen-bond acceptors (Lipinski definition) is 5. The second kappa shape index (κ2) is 11.3. The highest BCUT2D eigenvalue weighted by molar-refractivity contribution is 7.26. The molecule has 0 unspecified atom stereocenters. The van der Waals surface area contributed by atoms with Gasteiger partial charge in [-0.2, -0.15) is 0 Å². The monoisotopic (exact) mass is 697 g/mol. The Kier molecular flexibility index (Phi) is 6.43. The van der Waals surface area contributed by atoms with Crippen LogP contribution in [0.25, 0.3) is 98.5 Å². The maximum atomic E-state index is 6.49. The summed E-state index contributed by atoms with van der Waals surface area (Å²) in [5.41, 5.74) is 11.9. The molecule has 0 aliphatic heterocycles. The molecule has 0 amide bonds. The van der Waals surface area contributed by atoms with Gasteiger partial charge >= 0.3 is 0 Å². The van der Waals surface area contributed by atoms with Gasteiger partial charge in [0.2, 0.25) is 0 Å². The van der Waals surface area contributed by atoms with Crippen molar-refractivity contribution in [1.29, 1.82) is 0 Å². The molecule has 1 aliphatic carbocycles. The Bertz CT molecular complexity index is 3100. The zero-order chi connectivity index (χ0) is 35.3. The van der Waals surface area contributed by atoms with E-state index >= 15 is 0 Å². The van der Waals surface area contributed by atoms with E-state index in [9.17, 15) is 0 Å². The number of benzene rings is 7. The van der Waals surface area contributed by atoms with Crippen molar-refractivity contribution in [3.63, 3.8) is 0 Å². The van der Waals surface area contributed by atoms with E-state index in [1.54, 1.807) is 0 Å². The van der Waals surface area contributed by atoms with E-state index in [0.717, 1.165) is 38.6 Å². The number of rotatable bonds is 4. The van der Waals surface area contributed by atoms with Crippen molar-refractivity contribution in [3.05, 3.63) is 163 Å². The summed E-state index contributed by atoms with van der Waals surface area (Å²) in [6, 6.07) is 53.6. The van der Waals surface area contributed by atoms with Gasteiger partial charge in [-0.05, 0) is 57.6 Å². The Labute approximate surface area is 310 Å². The minimum Gasteiger partial charge on any atom is -0.455 e. The first-order chi connectivity index (χ1) is 26.0. The summed E-state index contributed by atoms with van der Waals surface area (Å²) in [5.74, 6) is 1.85. The van der Waals surface area contributed by atoms with Crippen molar-refractivity contribution in [2.24, 2.45) is 0 Å². The lowest BCUT2D eigenvalue weighted by Gasteiger charge is -2.21. The number of aromatic nitrogens is 3. The van der Waals surface area contributed by atoms with Crippen LogP contribution in [0, 0.1) is 0 Å². The van der Waals surface area contributed by atoms with Gasteiger partial charge in [0.05, 0.1) is 5.56 Å². The third-order valence-corrected chi connectivity index (χ3v) is 12.2. The molecule has 7 aromatic carbocycles. The maximum Gasteiger partial charge on any atom is 0.167 e. The number of para-hydroxylation sites is 2. The van der Waals surface area contributed by atoms with E-state index in [1.807, 2.05) is 29.5 Å². The lowest BCUT2D eigenvalue weighted by Crippen LogP contribution is -2.15. The van der Waals surface area contributed by atoms with Crippen molar-refractivity contribution in [1.82, 2.24) is 15.0 Å². The van der Waals surface area contributed by atoms with Gasteiger partial charge < -0.3 is 4.42 Å². The fourth-order valence-electron chi connectivity index (χ4n) is 8.30. The van der Waals surface area contributed by atoms with Crippen LogP contribution in [-0.4, -0.2) is 15.0 Å². The molecule has 250 valence electrons. The Morgan fingerprint density at radius 2 is 1.09 bits per heavy atom. The molecule has 0 saturated carbocycles. The average molecular weight is 698 g/mol. The van der Waals surface area contributed by atoms with Crippen LogP contribution in [0.15, 0.2) is 156 Å². The predicted octanol–water partition coefficient (Wildman–Crippen LogP) is 13.1. The molecule has 11 rings (SSSR count). The maximum absolute atomic E-state index is 6.49. The highest BCUT2D eigenvalue weighted by Crippen LogP contribution is 2.49. The van der Waals surface area contributed by atoms with Gasteiger partial charge in [-0.3, -0.25) is 0 Å². The first-order valence-electron chi connectivity index (χ1n) is 17.9. The summed E-state index contributed by atoms with van der Waals surface area (Å²) < 4.78 is 8.97. The van der Waals surface area contributed by atoms with Crippen molar-refractivity contribution < 1.29 is 4.42 Å². The highest BCUT2D eigenvalue weighted by Gasteiger charge is 2.35. The van der Waals surface area contributed by atoms with Crippen molar-refractivity contribution in [2.45, 2.75) is 19.3 Å². The largest absolute Gasteiger partial charge is 0.455 e. The van der Waals surface area contributed by atoms with E-state index in [0.29, 0.717) is 17.5 Å². The Balaban J connectivity index is 1.12. The van der Waals surface area contributed by atoms with Gasteiger partial charge in [0, 0.05) is 47.5 Å². The molecular weight excluding hydrogens is 667 g/mol. The molecule has 0 spiro atoms. The van der Waals surface area contributed by atoms with Crippen LogP contribution in [0.2, 0.25) is 0 Å². The van der Waals surface area contributed by atoms with Gasteiger partial charge in [0.25, 0.3) is 0 Å².